The van der Waals surface area contributed by atoms with E-state index < -0.39 is 18.5 Å². The Morgan fingerprint density at radius 2 is 1.86 bits per heavy atom. The Labute approximate surface area is 163 Å². The molecule has 0 unspecified atom stereocenters. The lowest BCUT2D eigenvalue weighted by Gasteiger charge is -2.18. The molecule has 1 aliphatic heterocycles. The summed E-state index contributed by atoms with van der Waals surface area (Å²) in [5, 5.41) is 2.67. The number of esters is 1. The molecule has 0 saturated carbocycles. The lowest BCUT2D eigenvalue weighted by atomic mass is 10.1. The van der Waals surface area contributed by atoms with Crippen molar-refractivity contribution in [2.75, 3.05) is 30.0 Å². The molecule has 2 aromatic carbocycles. The molecular weight excluding hydrogens is 360 g/mol. The summed E-state index contributed by atoms with van der Waals surface area (Å²) in [6, 6.07) is 13.8. The SMILES string of the molecule is CCOc1ccccc1NC(=O)COC(=O)c1ccccc1N1CCCC1=O. The van der Waals surface area contributed by atoms with E-state index in [1.165, 1.54) is 0 Å². The van der Waals surface area contributed by atoms with Gasteiger partial charge in [0.05, 0.1) is 23.5 Å². The maximum absolute atomic E-state index is 12.5. The van der Waals surface area contributed by atoms with Gasteiger partial charge < -0.3 is 19.7 Å². The van der Waals surface area contributed by atoms with E-state index in [1.54, 1.807) is 53.4 Å². The van der Waals surface area contributed by atoms with Crippen molar-refractivity contribution in [1.82, 2.24) is 0 Å². The molecule has 3 rings (SSSR count). The van der Waals surface area contributed by atoms with Crippen LogP contribution in [-0.2, 0) is 14.3 Å². The van der Waals surface area contributed by atoms with Crippen molar-refractivity contribution in [3.63, 3.8) is 0 Å². The van der Waals surface area contributed by atoms with E-state index in [2.05, 4.69) is 5.32 Å². The Balaban J connectivity index is 1.63. The van der Waals surface area contributed by atoms with Crippen LogP contribution >= 0.6 is 0 Å². The minimum Gasteiger partial charge on any atom is -0.492 e. The molecule has 0 aromatic heterocycles. The largest absolute Gasteiger partial charge is 0.492 e. The second-order valence-corrected chi connectivity index (χ2v) is 6.22. The first-order valence-corrected chi connectivity index (χ1v) is 9.18. The third-order valence-corrected chi connectivity index (χ3v) is 4.28. The van der Waals surface area contributed by atoms with Gasteiger partial charge in [0.1, 0.15) is 5.75 Å². The molecule has 2 amide bonds. The number of carbonyl (C=O) groups excluding carboxylic acids is 3. The van der Waals surface area contributed by atoms with Crippen LogP contribution < -0.4 is 15.0 Å². The van der Waals surface area contributed by atoms with Gasteiger partial charge in [-0.3, -0.25) is 9.59 Å². The maximum atomic E-state index is 12.5. The molecule has 1 aliphatic rings. The van der Waals surface area contributed by atoms with E-state index in [1.807, 2.05) is 6.92 Å². The molecule has 2 aromatic rings. The van der Waals surface area contributed by atoms with Crippen LogP contribution in [0.25, 0.3) is 0 Å². The van der Waals surface area contributed by atoms with Crippen LogP contribution in [0, 0.1) is 0 Å². The van der Waals surface area contributed by atoms with Gasteiger partial charge in [-0.2, -0.15) is 0 Å². The van der Waals surface area contributed by atoms with Crippen molar-refractivity contribution in [3.05, 3.63) is 54.1 Å². The number of anilines is 2. The third-order valence-electron chi connectivity index (χ3n) is 4.28. The molecule has 146 valence electrons. The molecule has 0 spiro atoms. The summed E-state index contributed by atoms with van der Waals surface area (Å²) in [5.74, 6) is -0.605. The van der Waals surface area contributed by atoms with Gasteiger partial charge in [-0.15, -0.1) is 0 Å². The molecule has 1 fully saturated rings. The minimum absolute atomic E-state index is 0.0227. The molecule has 28 heavy (non-hydrogen) atoms. The Morgan fingerprint density at radius 1 is 1.11 bits per heavy atom. The summed E-state index contributed by atoms with van der Waals surface area (Å²) in [6.07, 6.45) is 1.22. The summed E-state index contributed by atoms with van der Waals surface area (Å²) < 4.78 is 10.6. The zero-order valence-electron chi connectivity index (χ0n) is 15.6. The zero-order valence-corrected chi connectivity index (χ0v) is 15.6. The molecule has 0 aliphatic carbocycles. The van der Waals surface area contributed by atoms with Crippen LogP contribution in [0.1, 0.15) is 30.1 Å². The normalized spacial score (nSPS) is 13.3. The summed E-state index contributed by atoms with van der Waals surface area (Å²) in [5.41, 5.74) is 1.28. The molecule has 1 N–H and O–H groups in total. The highest BCUT2D eigenvalue weighted by Crippen LogP contribution is 2.26. The lowest BCUT2D eigenvalue weighted by molar-refractivity contribution is -0.119. The van der Waals surface area contributed by atoms with E-state index in [4.69, 9.17) is 9.47 Å². The fourth-order valence-electron chi connectivity index (χ4n) is 3.03. The second kappa shape index (κ2) is 9.03. The highest BCUT2D eigenvalue weighted by Gasteiger charge is 2.26. The van der Waals surface area contributed by atoms with Gasteiger partial charge in [-0.25, -0.2) is 4.79 Å². The number of para-hydroxylation sites is 3. The van der Waals surface area contributed by atoms with E-state index in [0.29, 0.717) is 36.7 Å². The molecule has 1 heterocycles. The van der Waals surface area contributed by atoms with E-state index in [0.717, 1.165) is 6.42 Å². The summed E-state index contributed by atoms with van der Waals surface area (Å²) in [7, 11) is 0. The zero-order chi connectivity index (χ0) is 19.9. The van der Waals surface area contributed by atoms with Crippen LogP contribution in [-0.4, -0.2) is 37.5 Å². The van der Waals surface area contributed by atoms with Crippen LogP contribution in [0.5, 0.6) is 5.75 Å². The molecular formula is C21H22N2O5. The quantitative estimate of drug-likeness (QED) is 0.744. The smallest absolute Gasteiger partial charge is 0.340 e. The van der Waals surface area contributed by atoms with Gasteiger partial charge in [0.25, 0.3) is 5.91 Å². The van der Waals surface area contributed by atoms with E-state index in [9.17, 15) is 14.4 Å². The number of nitrogens with zero attached hydrogens (tertiary/aromatic N) is 1. The van der Waals surface area contributed by atoms with Crippen molar-refractivity contribution in [2.24, 2.45) is 0 Å². The van der Waals surface area contributed by atoms with Crippen molar-refractivity contribution < 1.29 is 23.9 Å². The monoisotopic (exact) mass is 382 g/mol. The molecule has 0 atom stereocenters. The Morgan fingerprint density at radius 3 is 2.61 bits per heavy atom. The van der Waals surface area contributed by atoms with Crippen molar-refractivity contribution in [3.8, 4) is 5.75 Å². The maximum Gasteiger partial charge on any atom is 0.340 e. The van der Waals surface area contributed by atoms with Crippen molar-refractivity contribution >= 4 is 29.2 Å². The molecule has 0 bridgehead atoms. The van der Waals surface area contributed by atoms with Crippen molar-refractivity contribution in [1.29, 1.82) is 0 Å². The van der Waals surface area contributed by atoms with Crippen LogP contribution in [0.4, 0.5) is 11.4 Å². The Bertz CT molecular complexity index is 881. The number of hydrogen-bond donors (Lipinski definition) is 1. The summed E-state index contributed by atoms with van der Waals surface area (Å²) in [6.45, 7) is 2.44. The predicted octanol–water partition coefficient (Wildman–Crippen LogP) is 3.01. The van der Waals surface area contributed by atoms with Crippen molar-refractivity contribution in [2.45, 2.75) is 19.8 Å². The van der Waals surface area contributed by atoms with E-state index in [-0.39, 0.29) is 11.5 Å². The van der Waals surface area contributed by atoms with Crippen LogP contribution in [0.2, 0.25) is 0 Å². The number of amides is 2. The number of benzene rings is 2. The second-order valence-electron chi connectivity index (χ2n) is 6.22. The number of hydrogen-bond acceptors (Lipinski definition) is 5. The molecule has 1 saturated heterocycles. The van der Waals surface area contributed by atoms with Gasteiger partial charge in [0.2, 0.25) is 5.91 Å². The van der Waals surface area contributed by atoms with Gasteiger partial charge in [-0.1, -0.05) is 24.3 Å². The first kappa shape index (κ1) is 19.4. The van der Waals surface area contributed by atoms with Gasteiger partial charge in [-0.05, 0) is 37.6 Å². The predicted molar refractivity (Wildman–Crippen MR) is 105 cm³/mol. The van der Waals surface area contributed by atoms with Gasteiger partial charge in [0.15, 0.2) is 6.61 Å². The number of rotatable bonds is 7. The fraction of sp³-hybridized carbons (Fsp3) is 0.286. The molecule has 7 heteroatoms. The topological polar surface area (TPSA) is 84.9 Å². The van der Waals surface area contributed by atoms with E-state index >= 15 is 0 Å². The number of ether oxygens (including phenoxy) is 2. The summed E-state index contributed by atoms with van der Waals surface area (Å²) in [4.78, 5) is 38.3. The highest BCUT2D eigenvalue weighted by molar-refractivity contribution is 6.04. The van der Waals surface area contributed by atoms with Gasteiger partial charge >= 0.3 is 5.97 Å². The first-order valence-electron chi connectivity index (χ1n) is 9.18. The minimum atomic E-state index is -0.649. The lowest BCUT2D eigenvalue weighted by Crippen LogP contribution is -2.27. The highest BCUT2D eigenvalue weighted by atomic mass is 16.5. The standard InChI is InChI=1S/C21H22N2O5/c1-2-27-18-11-6-4-9-16(18)22-19(24)14-28-21(26)15-8-3-5-10-17(15)23-13-7-12-20(23)25/h3-6,8-11H,2,7,12-14H2,1H3,(H,22,24). The third kappa shape index (κ3) is 4.49. The number of carbonyl (C=O) groups is 3. The van der Waals surface area contributed by atoms with Crippen LogP contribution in [0.3, 0.4) is 0 Å². The van der Waals surface area contributed by atoms with Gasteiger partial charge in [0, 0.05) is 13.0 Å². The summed E-state index contributed by atoms with van der Waals surface area (Å²) >= 11 is 0. The Hall–Kier alpha value is -3.35. The average molecular weight is 382 g/mol. The fourth-order valence-corrected chi connectivity index (χ4v) is 3.03. The molecule has 0 radical (unpaired) electrons. The number of nitrogens with one attached hydrogen (secondary N) is 1. The molecule has 7 nitrogen and oxygen atoms in total. The Kier molecular flexibility index (Phi) is 6.26. The van der Waals surface area contributed by atoms with Crippen LogP contribution in [0.15, 0.2) is 48.5 Å². The average Bonchev–Trinajstić information content (AvgIpc) is 3.13. The first-order chi connectivity index (χ1) is 13.6.